The molecule has 4 rings (SSSR count). The van der Waals surface area contributed by atoms with E-state index < -0.39 is 23.3 Å². The van der Waals surface area contributed by atoms with Gasteiger partial charge in [0.1, 0.15) is 17.5 Å². The molecule has 1 aromatic carbocycles. The number of para-hydroxylation sites is 1. The number of benzene rings is 1. The largest absolute Gasteiger partial charge is 0.468 e. The maximum absolute atomic E-state index is 14.0. The molecule has 2 aromatic rings. The first-order chi connectivity index (χ1) is 14.4. The van der Waals surface area contributed by atoms with Crippen molar-refractivity contribution in [3.05, 3.63) is 52.5 Å². The molecule has 3 heterocycles. The van der Waals surface area contributed by atoms with E-state index in [4.69, 9.17) is 19.9 Å². The zero-order valence-electron chi connectivity index (χ0n) is 16.6. The van der Waals surface area contributed by atoms with Gasteiger partial charge in [0.25, 0.3) is 0 Å². The van der Waals surface area contributed by atoms with E-state index in [2.05, 4.69) is 10.2 Å². The minimum absolute atomic E-state index is 0.0740. The normalized spacial score (nSPS) is 19.4. The predicted molar refractivity (Wildman–Crippen MR) is 103 cm³/mol. The second-order valence-electron chi connectivity index (χ2n) is 6.83. The molecule has 0 radical (unpaired) electrons. The topological polar surface area (TPSA) is 137 Å². The van der Waals surface area contributed by atoms with E-state index >= 15 is 0 Å². The quantitative estimate of drug-likeness (QED) is 0.699. The summed E-state index contributed by atoms with van der Waals surface area (Å²) in [6.07, 6.45) is 0. The van der Waals surface area contributed by atoms with Gasteiger partial charge in [-0.25, -0.2) is 4.79 Å². The molecular formula is C20H20N4O6. The number of nitrogens with zero attached hydrogens (tertiary/aromatic N) is 2. The molecule has 0 saturated heterocycles. The van der Waals surface area contributed by atoms with Crippen LogP contribution in [0.2, 0.25) is 0 Å². The van der Waals surface area contributed by atoms with Crippen molar-refractivity contribution in [2.75, 3.05) is 25.2 Å². The highest BCUT2D eigenvalue weighted by Crippen LogP contribution is 2.55. The van der Waals surface area contributed by atoms with Crippen LogP contribution in [0.1, 0.15) is 23.7 Å². The van der Waals surface area contributed by atoms with Gasteiger partial charge in [0, 0.05) is 16.9 Å². The molecule has 10 heteroatoms. The second-order valence-corrected chi connectivity index (χ2v) is 6.83. The number of carbonyl (C=O) groups excluding carboxylic acids is 3. The van der Waals surface area contributed by atoms with E-state index in [1.165, 1.54) is 12.0 Å². The summed E-state index contributed by atoms with van der Waals surface area (Å²) in [6, 6.07) is 6.86. The summed E-state index contributed by atoms with van der Waals surface area (Å²) < 4.78 is 15.6. The van der Waals surface area contributed by atoms with Crippen LogP contribution in [-0.2, 0) is 29.3 Å². The van der Waals surface area contributed by atoms with E-state index in [9.17, 15) is 14.4 Å². The number of fused-ring (bicyclic) bond motifs is 4. The van der Waals surface area contributed by atoms with Crippen molar-refractivity contribution in [3.63, 3.8) is 0 Å². The van der Waals surface area contributed by atoms with Crippen LogP contribution in [0.15, 0.2) is 35.7 Å². The lowest BCUT2D eigenvalue weighted by atomic mass is 9.68. The lowest BCUT2D eigenvalue weighted by molar-refractivity contribution is -0.141. The average molecular weight is 412 g/mol. The van der Waals surface area contributed by atoms with E-state index in [0.29, 0.717) is 22.5 Å². The van der Waals surface area contributed by atoms with Crippen molar-refractivity contribution in [1.29, 1.82) is 0 Å². The number of anilines is 1. The van der Waals surface area contributed by atoms with Gasteiger partial charge in [-0.05, 0) is 19.9 Å². The van der Waals surface area contributed by atoms with Crippen molar-refractivity contribution in [1.82, 2.24) is 10.2 Å². The summed E-state index contributed by atoms with van der Waals surface area (Å²) in [7, 11) is 1.24. The standard InChI is InChI=1S/C20H20N4O6/c1-4-29-18(26)15-16(21)30-17-14(10(2)22-23-17)20(15)11-7-5-6-8-12(11)24(19(20)27)9-13(25)28-3/h5-8H,4,9,21H2,1-3H3,(H,22,23)/t20-/m0/s1. The molecular weight excluding hydrogens is 392 g/mol. The van der Waals surface area contributed by atoms with Crippen molar-refractivity contribution in [2.24, 2.45) is 5.73 Å². The predicted octanol–water partition coefficient (Wildman–Crippen LogP) is 0.650. The Morgan fingerprint density at radius 2 is 2.07 bits per heavy atom. The molecule has 2 aliphatic rings. The average Bonchev–Trinajstić information content (AvgIpc) is 3.20. The molecule has 2 aliphatic heterocycles. The smallest absolute Gasteiger partial charge is 0.341 e. The Morgan fingerprint density at radius 3 is 2.77 bits per heavy atom. The number of H-pyrrole nitrogens is 1. The summed E-state index contributed by atoms with van der Waals surface area (Å²) in [4.78, 5) is 40.3. The fourth-order valence-corrected chi connectivity index (χ4v) is 4.13. The van der Waals surface area contributed by atoms with Crippen molar-refractivity contribution >= 4 is 23.5 Å². The van der Waals surface area contributed by atoms with Crippen LogP contribution >= 0.6 is 0 Å². The number of nitrogens with two attached hydrogens (primary N) is 1. The molecule has 0 aliphatic carbocycles. The molecule has 1 amide bonds. The van der Waals surface area contributed by atoms with Crippen LogP contribution in [0, 0.1) is 6.92 Å². The highest BCUT2D eigenvalue weighted by molar-refractivity contribution is 6.19. The zero-order valence-corrected chi connectivity index (χ0v) is 16.6. The molecule has 1 atom stereocenters. The lowest BCUT2D eigenvalue weighted by Crippen LogP contribution is -2.49. The van der Waals surface area contributed by atoms with E-state index in [0.717, 1.165) is 0 Å². The van der Waals surface area contributed by atoms with Gasteiger partial charge in [-0.3, -0.25) is 19.6 Å². The number of hydrogen-bond acceptors (Lipinski definition) is 8. The fraction of sp³-hybridized carbons (Fsp3) is 0.300. The van der Waals surface area contributed by atoms with Gasteiger partial charge in [0.15, 0.2) is 0 Å². The van der Waals surface area contributed by atoms with Crippen LogP contribution in [0.3, 0.4) is 0 Å². The molecule has 0 unspecified atom stereocenters. The summed E-state index contributed by atoms with van der Waals surface area (Å²) in [5.41, 5.74) is 6.09. The third-order valence-electron chi connectivity index (χ3n) is 5.28. The molecule has 0 fully saturated rings. The number of carbonyl (C=O) groups is 3. The minimum atomic E-state index is -1.67. The summed E-state index contributed by atoms with van der Waals surface area (Å²) in [6.45, 7) is 3.09. The number of methoxy groups -OCH3 is 1. The number of rotatable bonds is 4. The Hall–Kier alpha value is -3.82. The summed E-state index contributed by atoms with van der Waals surface area (Å²) in [5.74, 6) is -2.14. The molecule has 0 bridgehead atoms. The van der Waals surface area contributed by atoms with Gasteiger partial charge < -0.3 is 19.9 Å². The lowest BCUT2D eigenvalue weighted by Gasteiger charge is -2.34. The minimum Gasteiger partial charge on any atom is -0.468 e. The van der Waals surface area contributed by atoms with Crippen LogP contribution in [0.25, 0.3) is 0 Å². The number of aromatic amines is 1. The Morgan fingerprint density at radius 1 is 1.33 bits per heavy atom. The fourth-order valence-electron chi connectivity index (χ4n) is 4.13. The summed E-state index contributed by atoms with van der Waals surface area (Å²) >= 11 is 0. The first-order valence-corrected chi connectivity index (χ1v) is 9.26. The highest BCUT2D eigenvalue weighted by atomic mass is 16.5. The van der Waals surface area contributed by atoms with Crippen LogP contribution in [-0.4, -0.2) is 48.3 Å². The van der Waals surface area contributed by atoms with Crippen molar-refractivity contribution in [2.45, 2.75) is 19.3 Å². The third kappa shape index (κ3) is 2.43. The maximum atomic E-state index is 14.0. The number of esters is 2. The number of hydrogen-bond donors (Lipinski definition) is 2. The van der Waals surface area contributed by atoms with Crippen LogP contribution < -0.4 is 15.4 Å². The molecule has 0 saturated carbocycles. The van der Waals surface area contributed by atoms with Gasteiger partial charge in [0.05, 0.1) is 19.3 Å². The molecule has 1 spiro atoms. The molecule has 3 N–H and O–H groups in total. The first kappa shape index (κ1) is 19.5. The van der Waals surface area contributed by atoms with Gasteiger partial charge in [-0.1, -0.05) is 18.2 Å². The van der Waals surface area contributed by atoms with Crippen LogP contribution in [0.5, 0.6) is 5.88 Å². The Bertz CT molecular complexity index is 1100. The monoisotopic (exact) mass is 412 g/mol. The molecule has 10 nitrogen and oxygen atoms in total. The Balaban J connectivity index is 2.06. The SMILES string of the molecule is CCOC(=O)C1=C(N)Oc2n[nH]c(C)c2[C@]12C(=O)N(CC(=O)OC)c1ccccc12. The Kier molecular flexibility index (Phi) is 4.49. The van der Waals surface area contributed by atoms with Crippen LogP contribution in [0.4, 0.5) is 5.69 Å². The van der Waals surface area contributed by atoms with Gasteiger partial charge in [-0.2, -0.15) is 0 Å². The number of amides is 1. The van der Waals surface area contributed by atoms with E-state index in [1.54, 1.807) is 38.1 Å². The van der Waals surface area contributed by atoms with E-state index in [1.807, 2.05) is 0 Å². The van der Waals surface area contributed by atoms with Crippen molar-refractivity contribution < 1.29 is 28.6 Å². The van der Waals surface area contributed by atoms with Gasteiger partial charge in [0.2, 0.25) is 17.7 Å². The molecule has 156 valence electrons. The summed E-state index contributed by atoms with van der Waals surface area (Å²) in [5, 5.41) is 6.89. The zero-order chi connectivity index (χ0) is 21.6. The first-order valence-electron chi connectivity index (χ1n) is 9.26. The van der Waals surface area contributed by atoms with Crippen molar-refractivity contribution in [3.8, 4) is 5.88 Å². The number of aryl methyl sites for hydroxylation is 1. The number of aromatic nitrogens is 2. The molecule has 30 heavy (non-hydrogen) atoms. The molecule has 1 aromatic heterocycles. The van der Waals surface area contributed by atoms with E-state index in [-0.39, 0.29) is 30.5 Å². The van der Waals surface area contributed by atoms with Gasteiger partial charge >= 0.3 is 11.9 Å². The second kappa shape index (κ2) is 6.90. The van der Waals surface area contributed by atoms with Gasteiger partial charge in [-0.15, -0.1) is 5.10 Å². The third-order valence-corrected chi connectivity index (χ3v) is 5.28. The maximum Gasteiger partial charge on any atom is 0.341 e. The number of nitrogens with one attached hydrogen (secondary N) is 1. The highest BCUT2D eigenvalue weighted by Gasteiger charge is 2.62. The number of ether oxygens (including phenoxy) is 3. The Labute approximate surface area is 171 Å².